The van der Waals surface area contributed by atoms with Crippen molar-refractivity contribution in [3.63, 3.8) is 0 Å². The molecule has 1 saturated carbocycles. The minimum atomic E-state index is 0.773. The van der Waals surface area contributed by atoms with Crippen LogP contribution in [0.3, 0.4) is 0 Å². The molecule has 21 heavy (non-hydrogen) atoms. The summed E-state index contributed by atoms with van der Waals surface area (Å²) in [5.41, 5.74) is 2.69. The number of nitrogens with zero attached hydrogens (tertiary/aromatic N) is 2. The van der Waals surface area contributed by atoms with Crippen molar-refractivity contribution in [2.24, 2.45) is 0 Å². The quantitative estimate of drug-likeness (QED) is 0.865. The molecule has 0 aromatic carbocycles. The van der Waals surface area contributed by atoms with Gasteiger partial charge in [0.15, 0.2) is 0 Å². The van der Waals surface area contributed by atoms with Gasteiger partial charge in [0.1, 0.15) is 5.82 Å². The van der Waals surface area contributed by atoms with Crippen molar-refractivity contribution in [3.8, 4) is 0 Å². The third kappa shape index (κ3) is 4.44. The van der Waals surface area contributed by atoms with Crippen molar-refractivity contribution in [2.45, 2.75) is 70.9 Å². The minimum Gasteiger partial charge on any atom is -0.357 e. The van der Waals surface area contributed by atoms with Crippen LogP contribution in [0, 0.1) is 0 Å². The van der Waals surface area contributed by atoms with Crippen molar-refractivity contribution in [2.75, 3.05) is 18.0 Å². The monoisotopic (exact) mass is 287 g/mol. The fourth-order valence-electron chi connectivity index (χ4n) is 3.13. The third-order valence-corrected chi connectivity index (χ3v) is 4.53. The summed E-state index contributed by atoms with van der Waals surface area (Å²) in [5, 5.41) is 3.64. The second kappa shape index (κ2) is 7.26. The van der Waals surface area contributed by atoms with Gasteiger partial charge in [0.2, 0.25) is 0 Å². The first-order valence-corrected chi connectivity index (χ1v) is 8.83. The predicted molar refractivity (Wildman–Crippen MR) is 88.8 cm³/mol. The van der Waals surface area contributed by atoms with E-state index in [2.05, 4.69) is 29.3 Å². The van der Waals surface area contributed by atoms with E-state index in [0.29, 0.717) is 0 Å². The molecule has 1 aliphatic heterocycles. The van der Waals surface area contributed by atoms with Crippen molar-refractivity contribution >= 4 is 5.82 Å². The van der Waals surface area contributed by atoms with Gasteiger partial charge in [0, 0.05) is 31.4 Å². The Labute approximate surface area is 129 Å². The van der Waals surface area contributed by atoms with Gasteiger partial charge in [-0.25, -0.2) is 4.98 Å². The smallest absolute Gasteiger partial charge is 0.129 e. The average Bonchev–Trinajstić information content (AvgIpc) is 3.32. The fourth-order valence-corrected chi connectivity index (χ4v) is 3.13. The minimum absolute atomic E-state index is 0.773. The van der Waals surface area contributed by atoms with E-state index in [1.54, 1.807) is 0 Å². The SMILES string of the molecule is CCCc1cc(CNC2CC2)cc(N2CCCCCC2)n1. The Kier molecular flexibility index (Phi) is 5.13. The summed E-state index contributed by atoms with van der Waals surface area (Å²) in [4.78, 5) is 7.44. The lowest BCUT2D eigenvalue weighted by atomic mass is 10.1. The average molecular weight is 287 g/mol. The van der Waals surface area contributed by atoms with E-state index < -0.39 is 0 Å². The van der Waals surface area contributed by atoms with Crippen LogP contribution in [-0.4, -0.2) is 24.1 Å². The largest absolute Gasteiger partial charge is 0.357 e. The molecule has 1 aromatic rings. The molecule has 2 fully saturated rings. The Morgan fingerprint density at radius 2 is 1.90 bits per heavy atom. The molecule has 3 nitrogen and oxygen atoms in total. The van der Waals surface area contributed by atoms with Crippen LogP contribution in [0.2, 0.25) is 0 Å². The number of rotatable bonds is 6. The number of aryl methyl sites for hydroxylation is 1. The topological polar surface area (TPSA) is 28.2 Å². The van der Waals surface area contributed by atoms with Crippen LogP contribution in [0.15, 0.2) is 12.1 Å². The van der Waals surface area contributed by atoms with Crippen LogP contribution in [0.4, 0.5) is 5.82 Å². The number of hydrogen-bond acceptors (Lipinski definition) is 3. The molecule has 3 heteroatoms. The Balaban J connectivity index is 1.75. The molecule has 1 N–H and O–H groups in total. The maximum atomic E-state index is 4.93. The zero-order valence-corrected chi connectivity index (χ0v) is 13.4. The highest BCUT2D eigenvalue weighted by Gasteiger charge is 2.20. The molecule has 1 aliphatic carbocycles. The summed E-state index contributed by atoms with van der Waals surface area (Å²) >= 11 is 0. The van der Waals surface area contributed by atoms with E-state index in [-0.39, 0.29) is 0 Å². The lowest BCUT2D eigenvalue weighted by Crippen LogP contribution is -2.26. The van der Waals surface area contributed by atoms with Gasteiger partial charge in [-0.05, 0) is 49.8 Å². The molecule has 1 saturated heterocycles. The first-order chi connectivity index (χ1) is 10.3. The van der Waals surface area contributed by atoms with Crippen LogP contribution in [0.25, 0.3) is 0 Å². The molecule has 2 heterocycles. The zero-order chi connectivity index (χ0) is 14.5. The Morgan fingerprint density at radius 1 is 1.14 bits per heavy atom. The number of pyridine rings is 1. The second-order valence-corrected chi connectivity index (χ2v) is 6.63. The van der Waals surface area contributed by atoms with E-state index in [4.69, 9.17) is 4.98 Å². The van der Waals surface area contributed by atoms with Gasteiger partial charge in [-0.15, -0.1) is 0 Å². The van der Waals surface area contributed by atoms with Gasteiger partial charge >= 0.3 is 0 Å². The second-order valence-electron chi connectivity index (χ2n) is 6.63. The van der Waals surface area contributed by atoms with Crippen LogP contribution in [0.1, 0.15) is 63.1 Å². The lowest BCUT2D eigenvalue weighted by Gasteiger charge is -2.23. The molecule has 0 radical (unpaired) electrons. The first-order valence-electron chi connectivity index (χ1n) is 8.83. The normalized spacial score (nSPS) is 19.6. The third-order valence-electron chi connectivity index (χ3n) is 4.53. The Hall–Kier alpha value is -1.09. The highest BCUT2D eigenvalue weighted by atomic mass is 15.2. The van der Waals surface area contributed by atoms with Crippen LogP contribution in [0.5, 0.6) is 0 Å². The molecular weight excluding hydrogens is 258 g/mol. The van der Waals surface area contributed by atoms with Crippen molar-refractivity contribution in [1.29, 1.82) is 0 Å². The van der Waals surface area contributed by atoms with E-state index in [1.165, 1.54) is 75.1 Å². The predicted octanol–water partition coefficient (Wildman–Crippen LogP) is 3.67. The molecule has 0 spiro atoms. The summed E-state index contributed by atoms with van der Waals surface area (Å²) < 4.78 is 0. The summed E-state index contributed by atoms with van der Waals surface area (Å²) in [6.45, 7) is 5.60. The van der Waals surface area contributed by atoms with E-state index in [9.17, 15) is 0 Å². The van der Waals surface area contributed by atoms with Gasteiger partial charge in [0.25, 0.3) is 0 Å². The van der Waals surface area contributed by atoms with Gasteiger partial charge in [0.05, 0.1) is 0 Å². The Bertz CT molecular complexity index is 446. The van der Waals surface area contributed by atoms with Crippen LogP contribution in [-0.2, 0) is 13.0 Å². The van der Waals surface area contributed by atoms with Gasteiger partial charge < -0.3 is 10.2 Å². The summed E-state index contributed by atoms with van der Waals surface area (Å²) in [7, 11) is 0. The number of nitrogens with one attached hydrogen (secondary N) is 1. The standard InChI is InChI=1S/C18H29N3/c1-2-7-17-12-15(14-19-16-8-9-16)13-18(20-17)21-10-5-3-4-6-11-21/h12-13,16,19H,2-11,14H2,1H3. The first kappa shape index (κ1) is 14.8. The molecular formula is C18H29N3. The fraction of sp³-hybridized carbons (Fsp3) is 0.722. The molecule has 0 amide bonds. The molecule has 0 atom stereocenters. The van der Waals surface area contributed by atoms with Crippen molar-refractivity contribution in [1.82, 2.24) is 10.3 Å². The number of hydrogen-bond donors (Lipinski definition) is 1. The maximum Gasteiger partial charge on any atom is 0.129 e. The van der Waals surface area contributed by atoms with Crippen molar-refractivity contribution in [3.05, 3.63) is 23.4 Å². The van der Waals surface area contributed by atoms with Crippen LogP contribution < -0.4 is 10.2 Å². The van der Waals surface area contributed by atoms with Crippen LogP contribution >= 0.6 is 0 Å². The molecule has 3 rings (SSSR count). The van der Waals surface area contributed by atoms with E-state index >= 15 is 0 Å². The van der Waals surface area contributed by atoms with E-state index in [1.807, 2.05) is 0 Å². The zero-order valence-electron chi connectivity index (χ0n) is 13.4. The van der Waals surface area contributed by atoms with Gasteiger partial charge in [-0.2, -0.15) is 0 Å². The highest BCUT2D eigenvalue weighted by Crippen LogP contribution is 2.22. The highest BCUT2D eigenvalue weighted by molar-refractivity contribution is 5.43. The van der Waals surface area contributed by atoms with Gasteiger partial charge in [-0.3, -0.25) is 0 Å². The lowest BCUT2D eigenvalue weighted by molar-refractivity contribution is 0.683. The molecule has 2 aliphatic rings. The molecule has 0 bridgehead atoms. The summed E-state index contributed by atoms with van der Waals surface area (Å²) in [6.07, 6.45) is 10.4. The Morgan fingerprint density at radius 3 is 2.57 bits per heavy atom. The maximum absolute atomic E-state index is 4.93. The van der Waals surface area contributed by atoms with Crippen molar-refractivity contribution < 1.29 is 0 Å². The molecule has 116 valence electrons. The van der Waals surface area contributed by atoms with Gasteiger partial charge in [-0.1, -0.05) is 26.2 Å². The number of aromatic nitrogens is 1. The van der Waals surface area contributed by atoms with E-state index in [0.717, 1.165) is 19.0 Å². The number of anilines is 1. The molecule has 0 unspecified atom stereocenters. The molecule has 1 aromatic heterocycles. The summed E-state index contributed by atoms with van der Waals surface area (Å²) in [5.74, 6) is 1.22. The summed E-state index contributed by atoms with van der Waals surface area (Å²) in [6, 6.07) is 5.40.